The summed E-state index contributed by atoms with van der Waals surface area (Å²) in [7, 11) is 0. The van der Waals surface area contributed by atoms with Gasteiger partial charge < -0.3 is 9.47 Å². The number of rotatable bonds is 6. The molecule has 2 atom stereocenters. The molecule has 1 aliphatic heterocycles. The molecule has 27 heavy (non-hydrogen) atoms. The summed E-state index contributed by atoms with van der Waals surface area (Å²) in [6.45, 7) is 12.5. The van der Waals surface area contributed by atoms with Gasteiger partial charge in [-0.3, -0.25) is 4.90 Å². The average molecular weight is 368 g/mol. The fourth-order valence-electron chi connectivity index (χ4n) is 4.19. The zero-order valence-electron chi connectivity index (χ0n) is 17.4. The van der Waals surface area contributed by atoms with Crippen LogP contribution in [0.3, 0.4) is 0 Å². The van der Waals surface area contributed by atoms with Crippen LogP contribution in [0.25, 0.3) is 0 Å². The Labute approximate surface area is 164 Å². The summed E-state index contributed by atoms with van der Waals surface area (Å²) in [5, 5.41) is 0. The van der Waals surface area contributed by atoms with E-state index in [9.17, 15) is 0 Å². The molecule has 1 saturated heterocycles. The van der Waals surface area contributed by atoms with Crippen LogP contribution in [0.1, 0.15) is 44.7 Å². The fraction of sp³-hybridized carbons (Fsp3) is 0.500. The third-order valence-corrected chi connectivity index (χ3v) is 5.44. The first kappa shape index (κ1) is 19.8. The fourth-order valence-corrected chi connectivity index (χ4v) is 4.19. The van der Waals surface area contributed by atoms with Crippen molar-refractivity contribution in [2.75, 3.05) is 13.2 Å². The Morgan fingerprint density at radius 1 is 0.778 bits per heavy atom. The van der Waals surface area contributed by atoms with Crippen LogP contribution in [-0.4, -0.2) is 35.7 Å². The SMILES string of the molecule is Cc1ccccc1OCC1CCC(COc2ccccc2C)N1C(C)(C)C. The highest BCUT2D eigenvalue weighted by molar-refractivity contribution is 5.32. The Morgan fingerprint density at radius 2 is 1.19 bits per heavy atom. The summed E-state index contributed by atoms with van der Waals surface area (Å²) < 4.78 is 12.4. The van der Waals surface area contributed by atoms with Gasteiger partial charge in [-0.25, -0.2) is 0 Å². The van der Waals surface area contributed by atoms with E-state index in [0.29, 0.717) is 12.1 Å². The van der Waals surface area contributed by atoms with Crippen molar-refractivity contribution in [1.29, 1.82) is 0 Å². The van der Waals surface area contributed by atoms with Gasteiger partial charge in [0.25, 0.3) is 0 Å². The molecule has 0 bridgehead atoms. The van der Waals surface area contributed by atoms with E-state index in [-0.39, 0.29) is 5.54 Å². The summed E-state index contributed by atoms with van der Waals surface area (Å²) in [5.74, 6) is 1.98. The number of para-hydroxylation sites is 2. The standard InChI is InChI=1S/C24H33NO2/c1-18-10-6-8-12-22(18)26-16-20-14-15-21(25(20)24(3,4)5)17-27-23-13-9-7-11-19(23)2/h6-13,20-21H,14-17H2,1-5H3. The topological polar surface area (TPSA) is 21.7 Å². The minimum Gasteiger partial charge on any atom is -0.492 e. The molecule has 2 aromatic rings. The number of likely N-dealkylation sites (tertiary alicyclic amines) is 1. The van der Waals surface area contributed by atoms with Gasteiger partial charge in [-0.2, -0.15) is 0 Å². The Kier molecular flexibility index (Phi) is 6.11. The van der Waals surface area contributed by atoms with E-state index in [1.165, 1.54) is 11.1 Å². The highest BCUT2D eigenvalue weighted by Crippen LogP contribution is 2.33. The Balaban J connectivity index is 1.65. The first-order valence-corrected chi connectivity index (χ1v) is 10.0. The molecule has 0 N–H and O–H groups in total. The van der Waals surface area contributed by atoms with Crippen molar-refractivity contribution in [3.05, 3.63) is 59.7 Å². The third-order valence-electron chi connectivity index (χ3n) is 5.44. The molecule has 1 fully saturated rings. The highest BCUT2D eigenvalue weighted by Gasteiger charge is 2.40. The smallest absolute Gasteiger partial charge is 0.122 e. The lowest BCUT2D eigenvalue weighted by atomic mass is 10.0. The first-order valence-electron chi connectivity index (χ1n) is 10.0. The average Bonchev–Trinajstić information content (AvgIpc) is 3.04. The van der Waals surface area contributed by atoms with Gasteiger partial charge in [0, 0.05) is 17.6 Å². The molecular formula is C24H33NO2. The van der Waals surface area contributed by atoms with Crippen molar-refractivity contribution >= 4 is 0 Å². The quantitative estimate of drug-likeness (QED) is 0.683. The minimum atomic E-state index is 0.0794. The van der Waals surface area contributed by atoms with E-state index < -0.39 is 0 Å². The predicted molar refractivity (Wildman–Crippen MR) is 112 cm³/mol. The van der Waals surface area contributed by atoms with Crippen LogP contribution in [0.5, 0.6) is 11.5 Å². The van der Waals surface area contributed by atoms with Crippen LogP contribution in [-0.2, 0) is 0 Å². The maximum Gasteiger partial charge on any atom is 0.122 e. The first-order chi connectivity index (χ1) is 12.9. The second kappa shape index (κ2) is 8.35. The number of benzene rings is 2. The van der Waals surface area contributed by atoms with E-state index >= 15 is 0 Å². The van der Waals surface area contributed by atoms with Crippen molar-refractivity contribution in [2.24, 2.45) is 0 Å². The number of aryl methyl sites for hydroxylation is 2. The number of nitrogens with zero attached hydrogens (tertiary/aromatic N) is 1. The van der Waals surface area contributed by atoms with Gasteiger partial charge in [0.2, 0.25) is 0 Å². The molecule has 0 spiro atoms. The lowest BCUT2D eigenvalue weighted by Crippen LogP contribution is -2.52. The van der Waals surface area contributed by atoms with Crippen LogP contribution < -0.4 is 9.47 Å². The van der Waals surface area contributed by atoms with Gasteiger partial charge in [0.1, 0.15) is 24.7 Å². The molecule has 2 unspecified atom stereocenters. The maximum absolute atomic E-state index is 6.19. The molecule has 3 rings (SSSR count). The van der Waals surface area contributed by atoms with E-state index in [1.54, 1.807) is 0 Å². The largest absolute Gasteiger partial charge is 0.492 e. The van der Waals surface area contributed by atoms with Gasteiger partial charge in [-0.15, -0.1) is 0 Å². The second-order valence-electron chi connectivity index (χ2n) is 8.62. The highest BCUT2D eigenvalue weighted by atomic mass is 16.5. The predicted octanol–water partition coefficient (Wildman–Crippen LogP) is 5.39. The van der Waals surface area contributed by atoms with Crippen LogP contribution >= 0.6 is 0 Å². The Bertz CT molecular complexity index is 693. The molecule has 146 valence electrons. The number of hydrogen-bond donors (Lipinski definition) is 0. The van der Waals surface area contributed by atoms with Gasteiger partial charge in [0.15, 0.2) is 0 Å². The molecule has 0 amide bonds. The van der Waals surface area contributed by atoms with Crippen LogP contribution in [0, 0.1) is 13.8 Å². The van der Waals surface area contributed by atoms with E-state index in [0.717, 1.165) is 37.6 Å². The van der Waals surface area contributed by atoms with Crippen molar-refractivity contribution in [2.45, 2.75) is 65.1 Å². The monoisotopic (exact) mass is 367 g/mol. The lowest BCUT2D eigenvalue weighted by molar-refractivity contribution is 0.0335. The summed E-state index contributed by atoms with van der Waals surface area (Å²) in [6.07, 6.45) is 2.29. The molecule has 0 radical (unpaired) electrons. The number of hydrogen-bond acceptors (Lipinski definition) is 3. The van der Waals surface area contributed by atoms with Gasteiger partial charge in [-0.05, 0) is 70.7 Å². The van der Waals surface area contributed by atoms with Gasteiger partial charge in [0.05, 0.1) is 0 Å². The van der Waals surface area contributed by atoms with Gasteiger partial charge in [-0.1, -0.05) is 36.4 Å². The molecule has 0 aliphatic carbocycles. The lowest BCUT2D eigenvalue weighted by Gasteiger charge is -2.41. The van der Waals surface area contributed by atoms with Crippen LogP contribution in [0.2, 0.25) is 0 Å². The Morgan fingerprint density at radius 3 is 1.56 bits per heavy atom. The number of ether oxygens (including phenoxy) is 2. The molecule has 1 aliphatic rings. The molecule has 3 nitrogen and oxygen atoms in total. The molecule has 3 heteroatoms. The zero-order valence-corrected chi connectivity index (χ0v) is 17.4. The summed E-state index contributed by atoms with van der Waals surface area (Å²) in [4.78, 5) is 2.60. The van der Waals surface area contributed by atoms with Crippen LogP contribution in [0.4, 0.5) is 0 Å². The van der Waals surface area contributed by atoms with E-state index in [4.69, 9.17) is 9.47 Å². The van der Waals surface area contributed by atoms with Crippen LogP contribution in [0.15, 0.2) is 48.5 Å². The third kappa shape index (κ3) is 4.84. The second-order valence-corrected chi connectivity index (χ2v) is 8.62. The summed E-state index contributed by atoms with van der Waals surface area (Å²) in [6, 6.07) is 17.3. The zero-order chi connectivity index (χ0) is 19.4. The molecule has 2 aromatic carbocycles. The summed E-state index contributed by atoms with van der Waals surface area (Å²) in [5.41, 5.74) is 2.46. The molecule has 0 aromatic heterocycles. The normalized spacial score (nSPS) is 20.6. The molecule has 1 heterocycles. The van der Waals surface area contributed by atoms with Crippen molar-refractivity contribution in [1.82, 2.24) is 4.90 Å². The Hall–Kier alpha value is -2.00. The maximum atomic E-state index is 6.19. The minimum absolute atomic E-state index is 0.0794. The van der Waals surface area contributed by atoms with E-state index in [2.05, 4.69) is 75.9 Å². The molecule has 0 saturated carbocycles. The van der Waals surface area contributed by atoms with Crippen molar-refractivity contribution in [3.8, 4) is 11.5 Å². The van der Waals surface area contributed by atoms with Crippen molar-refractivity contribution in [3.63, 3.8) is 0 Å². The van der Waals surface area contributed by atoms with Gasteiger partial charge >= 0.3 is 0 Å². The molecular weight excluding hydrogens is 334 g/mol. The summed E-state index contributed by atoms with van der Waals surface area (Å²) >= 11 is 0. The van der Waals surface area contributed by atoms with E-state index in [1.807, 2.05) is 12.1 Å². The van der Waals surface area contributed by atoms with Crippen molar-refractivity contribution < 1.29 is 9.47 Å².